The van der Waals surface area contributed by atoms with Crippen LogP contribution in [0.3, 0.4) is 0 Å². The molecule has 4 aromatic heterocycles. The molecule has 0 saturated heterocycles. The summed E-state index contributed by atoms with van der Waals surface area (Å²) in [5.74, 6) is 0. The fraction of sp³-hybridized carbons (Fsp3) is 0. The molecule has 4 heterocycles. The second kappa shape index (κ2) is 11.2. The zero-order valence-electron chi connectivity index (χ0n) is 26.3. The molecule has 0 amide bonds. The lowest BCUT2D eigenvalue weighted by Crippen LogP contribution is -1.92. The van der Waals surface area contributed by atoms with Gasteiger partial charge in [0.25, 0.3) is 0 Å². The number of aromatic nitrogens is 3. The van der Waals surface area contributed by atoms with Crippen molar-refractivity contribution in [2.45, 2.75) is 0 Å². The highest BCUT2D eigenvalue weighted by Crippen LogP contribution is 2.43. The minimum atomic E-state index is 0.911. The molecule has 49 heavy (non-hydrogen) atoms. The third-order valence-corrected chi connectivity index (χ3v) is 10.7. The Kier molecular flexibility index (Phi) is 6.36. The van der Waals surface area contributed by atoms with E-state index in [9.17, 15) is 0 Å². The summed E-state index contributed by atoms with van der Waals surface area (Å²) in [5, 5.41) is 5.80. The fourth-order valence-corrected chi connectivity index (χ4v) is 8.22. The Morgan fingerprint density at radius 2 is 0.939 bits per heavy atom. The molecule has 10 rings (SSSR count). The molecule has 6 aromatic carbocycles. The van der Waals surface area contributed by atoms with Gasteiger partial charge in [-0.05, 0) is 35.4 Å². The molecule has 0 radical (unpaired) electrons. The van der Waals surface area contributed by atoms with E-state index in [0.29, 0.717) is 0 Å². The Labute approximate surface area is 286 Å². The van der Waals surface area contributed by atoms with Crippen molar-refractivity contribution in [3.8, 4) is 44.9 Å². The van der Waals surface area contributed by atoms with Crippen LogP contribution in [-0.2, 0) is 0 Å². The molecule has 0 aliphatic rings. The van der Waals surface area contributed by atoms with Gasteiger partial charge < -0.3 is 0 Å². The molecule has 0 unspecified atom stereocenters. The zero-order valence-corrected chi connectivity index (χ0v) is 27.2. The minimum Gasteiger partial charge on any atom is -0.247 e. The van der Waals surface area contributed by atoms with Gasteiger partial charge in [0.15, 0.2) is 0 Å². The Hall–Kier alpha value is -6.23. The molecule has 3 nitrogen and oxygen atoms in total. The topological polar surface area (TPSA) is 38.7 Å². The number of hydrogen-bond acceptors (Lipinski definition) is 4. The van der Waals surface area contributed by atoms with Gasteiger partial charge in [-0.2, -0.15) is 0 Å². The lowest BCUT2D eigenvalue weighted by atomic mass is 9.99. The van der Waals surface area contributed by atoms with Gasteiger partial charge in [-0.25, -0.2) is 15.0 Å². The van der Waals surface area contributed by atoms with E-state index in [1.807, 2.05) is 29.5 Å². The first-order chi connectivity index (χ1) is 24.3. The Morgan fingerprint density at radius 1 is 0.388 bits per heavy atom. The normalized spacial score (nSPS) is 11.7. The molecule has 0 spiro atoms. The molecule has 10 aromatic rings. The Bertz CT molecular complexity index is 2860. The number of thiophene rings is 1. The number of pyridine rings is 3. The van der Waals surface area contributed by atoms with E-state index in [4.69, 9.17) is 15.0 Å². The monoisotopic (exact) mass is 641 g/mol. The average Bonchev–Trinajstić information content (AvgIpc) is 3.58. The summed E-state index contributed by atoms with van der Waals surface area (Å²) in [6.45, 7) is 0. The molecular formula is C45H27N3S. The highest BCUT2D eigenvalue weighted by Gasteiger charge is 2.17. The second-order valence-corrected chi connectivity index (χ2v) is 13.5. The molecule has 0 N–H and O–H groups in total. The van der Waals surface area contributed by atoms with Gasteiger partial charge in [0.05, 0.1) is 33.6 Å². The average molecular weight is 642 g/mol. The van der Waals surface area contributed by atoms with Crippen LogP contribution in [0, 0.1) is 0 Å². The first-order valence-electron chi connectivity index (χ1n) is 16.4. The van der Waals surface area contributed by atoms with Gasteiger partial charge >= 0.3 is 0 Å². The van der Waals surface area contributed by atoms with Gasteiger partial charge in [-0.15, -0.1) is 11.3 Å². The summed E-state index contributed by atoms with van der Waals surface area (Å²) < 4.78 is 2.55. The van der Waals surface area contributed by atoms with Crippen molar-refractivity contribution in [2.24, 2.45) is 0 Å². The quantitative estimate of drug-likeness (QED) is 0.180. The van der Waals surface area contributed by atoms with Crippen LogP contribution in [0.25, 0.3) is 97.8 Å². The fourth-order valence-electron chi connectivity index (χ4n) is 6.98. The maximum Gasteiger partial charge on any atom is 0.0972 e. The summed E-state index contributed by atoms with van der Waals surface area (Å²) in [6.07, 6.45) is 0. The van der Waals surface area contributed by atoms with Crippen LogP contribution in [0.1, 0.15) is 0 Å². The number of nitrogens with zero attached hydrogens (tertiary/aromatic N) is 3. The van der Waals surface area contributed by atoms with Crippen LogP contribution in [0.2, 0.25) is 0 Å². The molecule has 0 aliphatic heterocycles. The smallest absolute Gasteiger partial charge is 0.0972 e. The molecule has 228 valence electrons. The minimum absolute atomic E-state index is 0.911. The lowest BCUT2D eigenvalue weighted by Gasteiger charge is -2.11. The van der Waals surface area contributed by atoms with E-state index in [2.05, 4.69) is 146 Å². The van der Waals surface area contributed by atoms with Crippen molar-refractivity contribution in [2.75, 3.05) is 0 Å². The number of fused-ring (bicyclic) bond motifs is 8. The lowest BCUT2D eigenvalue weighted by molar-refractivity contribution is 1.36. The third kappa shape index (κ3) is 4.68. The number of benzene rings is 6. The molecule has 0 fully saturated rings. The predicted molar refractivity (Wildman–Crippen MR) is 207 cm³/mol. The van der Waals surface area contributed by atoms with Crippen LogP contribution in [0.4, 0.5) is 0 Å². The highest BCUT2D eigenvalue weighted by atomic mass is 32.1. The molecule has 0 bridgehead atoms. The zero-order chi connectivity index (χ0) is 32.3. The van der Waals surface area contributed by atoms with E-state index in [-0.39, 0.29) is 0 Å². The first kappa shape index (κ1) is 27.8. The summed E-state index contributed by atoms with van der Waals surface area (Å²) in [5.41, 5.74) is 11.3. The standard InChI is InChI=1S/C45H27N3S/c1-3-9-28(10-4-1)34-21-24-35-39(27-34)48-42(41-36-13-7-8-14-40(36)49-45(35)41)31-17-15-30(16-18-31)38-26-23-33-20-19-32-22-25-37(29-11-5-2-6-12-29)46-43(32)44(33)47-38/h1-27H. The van der Waals surface area contributed by atoms with E-state index < -0.39 is 0 Å². The van der Waals surface area contributed by atoms with Crippen LogP contribution in [0.15, 0.2) is 164 Å². The molecule has 0 aliphatic carbocycles. The summed E-state index contributed by atoms with van der Waals surface area (Å²) >= 11 is 1.85. The Balaban J connectivity index is 1.11. The Morgan fingerprint density at radius 3 is 1.63 bits per heavy atom. The predicted octanol–water partition coefficient (Wildman–Crippen LogP) is 12.4. The van der Waals surface area contributed by atoms with Gasteiger partial charge in [0.1, 0.15) is 0 Å². The van der Waals surface area contributed by atoms with Crippen LogP contribution in [0.5, 0.6) is 0 Å². The third-order valence-electron chi connectivity index (χ3n) is 9.46. The first-order valence-corrected chi connectivity index (χ1v) is 17.3. The van der Waals surface area contributed by atoms with Crippen molar-refractivity contribution in [1.82, 2.24) is 15.0 Å². The van der Waals surface area contributed by atoms with Gasteiger partial charge in [0.2, 0.25) is 0 Å². The van der Waals surface area contributed by atoms with Crippen LogP contribution >= 0.6 is 11.3 Å². The molecule has 4 heteroatoms. The maximum atomic E-state index is 5.38. The van der Waals surface area contributed by atoms with Crippen molar-refractivity contribution < 1.29 is 0 Å². The van der Waals surface area contributed by atoms with Crippen LogP contribution < -0.4 is 0 Å². The maximum absolute atomic E-state index is 5.38. The van der Waals surface area contributed by atoms with Crippen molar-refractivity contribution in [3.63, 3.8) is 0 Å². The number of hydrogen-bond donors (Lipinski definition) is 0. The summed E-state index contributed by atoms with van der Waals surface area (Å²) in [7, 11) is 0. The number of rotatable bonds is 4. The van der Waals surface area contributed by atoms with Gasteiger partial charge in [0, 0.05) is 53.0 Å². The molecule has 0 saturated carbocycles. The SMILES string of the molecule is c1ccc(-c2ccc3c(c2)nc(-c2ccc(-c4ccc5ccc6ccc(-c7ccccc7)nc6c5n4)cc2)c2c4ccccc4sc32)cc1. The molecular weight excluding hydrogens is 615 g/mol. The van der Waals surface area contributed by atoms with E-state index >= 15 is 0 Å². The van der Waals surface area contributed by atoms with Gasteiger partial charge in [-0.1, -0.05) is 140 Å². The van der Waals surface area contributed by atoms with Crippen molar-refractivity contribution >= 4 is 64.2 Å². The summed E-state index contributed by atoms with van der Waals surface area (Å²) in [6, 6.07) is 57.7. The van der Waals surface area contributed by atoms with E-state index in [1.165, 1.54) is 36.7 Å². The molecule has 0 atom stereocenters. The van der Waals surface area contributed by atoms with Crippen molar-refractivity contribution in [3.05, 3.63) is 164 Å². The second-order valence-electron chi connectivity index (χ2n) is 12.4. The largest absolute Gasteiger partial charge is 0.247 e. The van der Waals surface area contributed by atoms with Crippen LogP contribution in [-0.4, -0.2) is 15.0 Å². The van der Waals surface area contributed by atoms with E-state index in [1.54, 1.807) is 0 Å². The summed E-state index contributed by atoms with van der Waals surface area (Å²) in [4.78, 5) is 15.7. The van der Waals surface area contributed by atoms with Crippen molar-refractivity contribution in [1.29, 1.82) is 0 Å². The van der Waals surface area contributed by atoms with Gasteiger partial charge in [-0.3, -0.25) is 0 Å². The van der Waals surface area contributed by atoms with E-state index in [0.717, 1.165) is 61.1 Å². The highest BCUT2D eigenvalue weighted by molar-refractivity contribution is 7.26.